The Morgan fingerprint density at radius 2 is 2.00 bits per heavy atom. The summed E-state index contributed by atoms with van der Waals surface area (Å²) in [6, 6.07) is 10.1. The summed E-state index contributed by atoms with van der Waals surface area (Å²) in [4.78, 5) is 22.9. The standard InChI is InChI=1S/C12H7NO2S2/c14-10-6-9(12(15)13-10)17-11-5-7-3-1-2-4-8(7)16-11/h1-6H,(H,13,14,15). The van der Waals surface area contributed by atoms with Crippen LogP contribution in [0.1, 0.15) is 0 Å². The number of hydrogen-bond acceptors (Lipinski definition) is 4. The molecule has 5 heteroatoms. The number of hydrogen-bond donors (Lipinski definition) is 1. The normalized spacial score (nSPS) is 15.2. The molecule has 3 nitrogen and oxygen atoms in total. The van der Waals surface area contributed by atoms with Crippen LogP contribution in [0.3, 0.4) is 0 Å². The van der Waals surface area contributed by atoms with E-state index in [1.54, 1.807) is 11.3 Å². The van der Waals surface area contributed by atoms with Crippen molar-refractivity contribution in [2.75, 3.05) is 0 Å². The summed E-state index contributed by atoms with van der Waals surface area (Å²) in [5.41, 5.74) is 0. The van der Waals surface area contributed by atoms with Crippen LogP contribution in [0.2, 0.25) is 0 Å². The Kier molecular flexibility index (Phi) is 2.49. The number of carbonyl (C=O) groups excluding carboxylic acids is 2. The van der Waals surface area contributed by atoms with Gasteiger partial charge in [0.15, 0.2) is 0 Å². The second-order valence-corrected chi connectivity index (χ2v) is 5.96. The van der Waals surface area contributed by atoms with Crippen molar-refractivity contribution in [3.05, 3.63) is 41.3 Å². The molecule has 0 saturated heterocycles. The van der Waals surface area contributed by atoms with E-state index < -0.39 is 0 Å². The van der Waals surface area contributed by atoms with Crippen molar-refractivity contribution in [3.8, 4) is 0 Å². The molecule has 0 saturated carbocycles. The third kappa shape index (κ3) is 1.99. The Morgan fingerprint density at radius 3 is 2.71 bits per heavy atom. The summed E-state index contributed by atoms with van der Waals surface area (Å²) < 4.78 is 2.20. The molecule has 1 aromatic carbocycles. The van der Waals surface area contributed by atoms with Crippen LogP contribution < -0.4 is 5.32 Å². The summed E-state index contributed by atoms with van der Waals surface area (Å²) in [5, 5.41) is 3.39. The second kappa shape index (κ2) is 4.01. The number of benzene rings is 1. The van der Waals surface area contributed by atoms with Gasteiger partial charge in [-0.05, 0) is 17.5 Å². The fourth-order valence-electron chi connectivity index (χ4n) is 1.59. The number of thiophene rings is 1. The van der Waals surface area contributed by atoms with Crippen LogP contribution in [0.25, 0.3) is 10.1 Å². The smallest absolute Gasteiger partial charge is 0.265 e. The number of amides is 2. The minimum atomic E-state index is -0.335. The second-order valence-electron chi connectivity index (χ2n) is 3.53. The molecule has 3 rings (SSSR count). The molecule has 0 radical (unpaired) electrons. The number of thioether (sulfide) groups is 1. The van der Waals surface area contributed by atoms with E-state index in [0.29, 0.717) is 4.91 Å². The largest absolute Gasteiger partial charge is 0.288 e. The van der Waals surface area contributed by atoms with Gasteiger partial charge < -0.3 is 0 Å². The van der Waals surface area contributed by atoms with E-state index in [2.05, 4.69) is 5.32 Å². The molecule has 2 aromatic rings. The predicted molar refractivity (Wildman–Crippen MR) is 68.9 cm³/mol. The monoisotopic (exact) mass is 261 g/mol. The molecule has 0 bridgehead atoms. The highest BCUT2D eigenvalue weighted by molar-refractivity contribution is 8.05. The molecule has 0 spiro atoms. The maximum absolute atomic E-state index is 11.4. The van der Waals surface area contributed by atoms with E-state index in [1.807, 2.05) is 30.3 Å². The van der Waals surface area contributed by atoms with Crippen molar-refractivity contribution >= 4 is 45.0 Å². The number of imide groups is 1. The Balaban J connectivity index is 1.93. The SMILES string of the molecule is O=C1C=C(Sc2cc3ccccc3s2)C(=O)N1. The molecule has 1 aromatic heterocycles. The van der Waals surface area contributed by atoms with Crippen LogP contribution in [0.4, 0.5) is 0 Å². The van der Waals surface area contributed by atoms with Crippen LogP contribution in [-0.4, -0.2) is 11.8 Å². The van der Waals surface area contributed by atoms with Crippen molar-refractivity contribution in [2.45, 2.75) is 4.21 Å². The van der Waals surface area contributed by atoms with Crippen molar-refractivity contribution in [1.29, 1.82) is 0 Å². The summed E-state index contributed by atoms with van der Waals surface area (Å²) in [6.45, 7) is 0. The Morgan fingerprint density at radius 1 is 1.18 bits per heavy atom. The molecule has 2 amide bonds. The van der Waals surface area contributed by atoms with Gasteiger partial charge in [0, 0.05) is 10.8 Å². The number of nitrogens with one attached hydrogen (secondary N) is 1. The third-order valence-electron chi connectivity index (χ3n) is 2.34. The third-order valence-corrected chi connectivity index (χ3v) is 4.59. The topological polar surface area (TPSA) is 46.2 Å². The highest BCUT2D eigenvalue weighted by Crippen LogP contribution is 2.37. The molecular formula is C12H7NO2S2. The zero-order chi connectivity index (χ0) is 11.8. The first-order valence-electron chi connectivity index (χ1n) is 4.96. The molecule has 2 heterocycles. The molecule has 0 unspecified atom stereocenters. The average molecular weight is 261 g/mol. The van der Waals surface area contributed by atoms with Crippen LogP contribution in [0.15, 0.2) is 45.5 Å². The van der Waals surface area contributed by atoms with Crippen molar-refractivity contribution in [3.63, 3.8) is 0 Å². The number of carbonyl (C=O) groups is 2. The first-order chi connectivity index (χ1) is 8.22. The van der Waals surface area contributed by atoms with Gasteiger partial charge in [-0.3, -0.25) is 14.9 Å². The summed E-state index contributed by atoms with van der Waals surface area (Å²) in [6.07, 6.45) is 1.34. The van der Waals surface area contributed by atoms with Gasteiger partial charge in [0.05, 0.1) is 9.11 Å². The van der Waals surface area contributed by atoms with E-state index >= 15 is 0 Å². The maximum Gasteiger partial charge on any atom is 0.265 e. The first kappa shape index (κ1) is 10.6. The quantitative estimate of drug-likeness (QED) is 0.845. The lowest BCUT2D eigenvalue weighted by atomic mass is 10.3. The average Bonchev–Trinajstić information content (AvgIpc) is 2.82. The highest BCUT2D eigenvalue weighted by atomic mass is 32.2. The van der Waals surface area contributed by atoms with Gasteiger partial charge in [-0.2, -0.15) is 0 Å². The molecule has 0 fully saturated rings. The lowest BCUT2D eigenvalue weighted by Gasteiger charge is -1.94. The van der Waals surface area contributed by atoms with Crippen molar-refractivity contribution in [2.24, 2.45) is 0 Å². The van der Waals surface area contributed by atoms with Crippen LogP contribution in [-0.2, 0) is 9.59 Å². The van der Waals surface area contributed by atoms with E-state index in [4.69, 9.17) is 0 Å². The fraction of sp³-hybridized carbons (Fsp3) is 0. The summed E-state index contributed by atoms with van der Waals surface area (Å²) in [5.74, 6) is -0.643. The Hall–Kier alpha value is -1.59. The predicted octanol–water partition coefficient (Wildman–Crippen LogP) is 2.53. The molecule has 84 valence electrons. The van der Waals surface area contributed by atoms with Gasteiger partial charge in [-0.15, -0.1) is 11.3 Å². The molecular weight excluding hydrogens is 254 g/mol. The van der Waals surface area contributed by atoms with Crippen LogP contribution in [0, 0.1) is 0 Å². The van der Waals surface area contributed by atoms with Crippen molar-refractivity contribution in [1.82, 2.24) is 5.32 Å². The number of fused-ring (bicyclic) bond motifs is 1. The first-order valence-corrected chi connectivity index (χ1v) is 6.59. The molecule has 1 aliphatic rings. The van der Waals surface area contributed by atoms with Gasteiger partial charge in [0.25, 0.3) is 11.8 Å². The van der Waals surface area contributed by atoms with Gasteiger partial charge in [-0.1, -0.05) is 30.0 Å². The van der Waals surface area contributed by atoms with Crippen LogP contribution in [0.5, 0.6) is 0 Å². The molecule has 0 atom stereocenters. The molecule has 17 heavy (non-hydrogen) atoms. The van der Waals surface area contributed by atoms with E-state index in [1.165, 1.54) is 22.5 Å². The van der Waals surface area contributed by atoms with Gasteiger partial charge >= 0.3 is 0 Å². The Labute approximate surface area is 106 Å². The summed E-state index contributed by atoms with van der Waals surface area (Å²) >= 11 is 2.95. The zero-order valence-corrected chi connectivity index (χ0v) is 10.2. The van der Waals surface area contributed by atoms with E-state index in [9.17, 15) is 9.59 Å². The van der Waals surface area contributed by atoms with Crippen molar-refractivity contribution < 1.29 is 9.59 Å². The molecule has 1 N–H and O–H groups in total. The van der Waals surface area contributed by atoms with E-state index in [-0.39, 0.29) is 11.8 Å². The maximum atomic E-state index is 11.4. The van der Waals surface area contributed by atoms with Gasteiger partial charge in [0.1, 0.15) is 0 Å². The lowest BCUT2D eigenvalue weighted by Crippen LogP contribution is -2.21. The Bertz CT molecular complexity index is 624. The molecule has 0 aliphatic carbocycles. The lowest BCUT2D eigenvalue weighted by molar-refractivity contribution is -0.123. The number of rotatable bonds is 2. The minimum absolute atomic E-state index is 0.308. The fourth-order valence-corrected chi connectivity index (χ4v) is 3.80. The summed E-state index contributed by atoms with van der Waals surface area (Å²) in [7, 11) is 0. The van der Waals surface area contributed by atoms with E-state index in [0.717, 1.165) is 9.60 Å². The van der Waals surface area contributed by atoms with Gasteiger partial charge in [-0.25, -0.2) is 0 Å². The minimum Gasteiger partial charge on any atom is -0.288 e. The zero-order valence-electron chi connectivity index (χ0n) is 8.60. The molecule has 1 aliphatic heterocycles. The van der Waals surface area contributed by atoms with Crippen LogP contribution >= 0.6 is 23.1 Å². The highest BCUT2D eigenvalue weighted by Gasteiger charge is 2.22. The van der Waals surface area contributed by atoms with Gasteiger partial charge in [0.2, 0.25) is 0 Å².